The van der Waals surface area contributed by atoms with Crippen LogP contribution in [0.2, 0.25) is 0 Å². The highest BCUT2D eigenvalue weighted by molar-refractivity contribution is 5.85. The monoisotopic (exact) mass is 278 g/mol. The van der Waals surface area contributed by atoms with E-state index in [1.807, 2.05) is 18.2 Å². The van der Waals surface area contributed by atoms with Crippen molar-refractivity contribution in [1.82, 2.24) is 16.0 Å². The Morgan fingerprint density at radius 1 is 1.11 bits per heavy atom. The van der Waals surface area contributed by atoms with Crippen molar-refractivity contribution in [3.63, 3.8) is 0 Å². The van der Waals surface area contributed by atoms with E-state index in [1.165, 1.54) is 5.56 Å². The summed E-state index contributed by atoms with van der Waals surface area (Å²) in [6.07, 6.45) is 3.66. The highest BCUT2D eigenvalue weighted by Crippen LogP contribution is 2.39. The van der Waals surface area contributed by atoms with Crippen LogP contribution in [0.25, 0.3) is 0 Å². The van der Waals surface area contributed by atoms with E-state index in [4.69, 9.17) is 0 Å². The van der Waals surface area contributed by atoms with E-state index < -0.39 is 0 Å². The summed E-state index contributed by atoms with van der Waals surface area (Å²) in [4.78, 5) is 11.3. The van der Waals surface area contributed by atoms with E-state index in [-0.39, 0.29) is 23.9 Å². The fourth-order valence-electron chi connectivity index (χ4n) is 2.87. The van der Waals surface area contributed by atoms with Crippen LogP contribution < -0.4 is 16.0 Å². The molecule has 19 heavy (non-hydrogen) atoms. The van der Waals surface area contributed by atoms with Crippen LogP contribution in [0.1, 0.15) is 18.4 Å². The van der Waals surface area contributed by atoms with Gasteiger partial charge in [0.2, 0.25) is 0 Å². The van der Waals surface area contributed by atoms with Gasteiger partial charge in [0.15, 0.2) is 0 Å². The molecule has 3 rings (SSSR count). The van der Waals surface area contributed by atoms with Gasteiger partial charge >= 0.3 is 6.03 Å². The quantitative estimate of drug-likeness (QED) is 0.868. The van der Waals surface area contributed by atoms with Crippen LogP contribution in [0.4, 0.5) is 4.79 Å². The number of piperidine rings is 1. The number of allylic oxidation sites excluding steroid dienone is 1. The molecule has 1 fully saturated rings. The molecule has 1 radical (unpaired) electrons. The van der Waals surface area contributed by atoms with Crippen molar-refractivity contribution in [3.8, 4) is 0 Å². The number of benzene rings is 1. The van der Waals surface area contributed by atoms with Crippen molar-refractivity contribution in [2.45, 2.75) is 18.3 Å². The molecule has 1 saturated heterocycles. The van der Waals surface area contributed by atoms with Gasteiger partial charge in [0.05, 0.1) is 6.20 Å². The lowest BCUT2D eigenvalue weighted by molar-refractivity contribution is 0.246. The smallest absolute Gasteiger partial charge is 0.317 e. The van der Waals surface area contributed by atoms with Gasteiger partial charge in [-0.15, -0.1) is 12.4 Å². The first-order valence-corrected chi connectivity index (χ1v) is 6.30. The van der Waals surface area contributed by atoms with Crippen LogP contribution in [-0.2, 0) is 5.41 Å². The molecule has 101 valence electrons. The molecular formula is C14H17ClN3O. The highest BCUT2D eigenvalue weighted by atomic mass is 35.5. The first-order valence-electron chi connectivity index (χ1n) is 6.30. The average Bonchev–Trinajstić information content (AvgIpc) is 2.88. The molecule has 4 nitrogen and oxygen atoms in total. The molecule has 0 aliphatic carbocycles. The maximum atomic E-state index is 11.3. The molecule has 2 aliphatic rings. The minimum absolute atomic E-state index is 0. The van der Waals surface area contributed by atoms with Crippen molar-refractivity contribution in [2.24, 2.45) is 0 Å². The molecule has 0 bridgehead atoms. The zero-order valence-corrected chi connectivity index (χ0v) is 11.4. The molecular weight excluding hydrogens is 262 g/mol. The van der Waals surface area contributed by atoms with Gasteiger partial charge in [0.25, 0.3) is 0 Å². The minimum atomic E-state index is -0.251. The van der Waals surface area contributed by atoms with Crippen LogP contribution >= 0.6 is 12.4 Å². The Labute approximate surface area is 119 Å². The standard InChI is InChI=1S/C14H16N3O.ClH/c18-13-16-10-12(17-13)14(6-8-15-9-7-14)11-4-2-1-3-5-11;/h1-5,10,15H,6-9H2,(H,17,18);1H. The summed E-state index contributed by atoms with van der Waals surface area (Å²) < 4.78 is 0. The summed E-state index contributed by atoms with van der Waals surface area (Å²) in [5.41, 5.74) is 2.11. The second-order valence-electron chi connectivity index (χ2n) is 4.80. The lowest BCUT2D eigenvalue weighted by atomic mass is 9.71. The van der Waals surface area contributed by atoms with Gasteiger partial charge in [-0.25, -0.2) is 4.79 Å². The number of rotatable bonds is 2. The van der Waals surface area contributed by atoms with E-state index in [2.05, 4.69) is 28.1 Å². The largest absolute Gasteiger partial charge is 0.345 e. The average molecular weight is 279 g/mol. The molecule has 2 heterocycles. The Morgan fingerprint density at radius 2 is 1.79 bits per heavy atom. The number of nitrogens with zero attached hydrogens (tertiary/aromatic N) is 1. The molecule has 1 aromatic rings. The Morgan fingerprint density at radius 3 is 2.37 bits per heavy atom. The number of hydrogen-bond donors (Lipinski definition) is 2. The summed E-state index contributed by atoms with van der Waals surface area (Å²) in [6, 6.07) is 10.1. The van der Waals surface area contributed by atoms with E-state index in [1.54, 1.807) is 6.20 Å². The van der Waals surface area contributed by atoms with E-state index >= 15 is 0 Å². The SMILES string of the molecule is Cl.O=C1[N]C=C(C2(c3ccccc3)CCNCC2)N1. The summed E-state index contributed by atoms with van der Waals surface area (Å²) >= 11 is 0. The lowest BCUT2D eigenvalue weighted by Crippen LogP contribution is -2.44. The van der Waals surface area contributed by atoms with Gasteiger partial charge in [-0.3, -0.25) is 0 Å². The molecule has 2 amide bonds. The number of carbonyl (C=O) groups is 1. The van der Waals surface area contributed by atoms with Crippen molar-refractivity contribution in [1.29, 1.82) is 0 Å². The minimum Gasteiger partial charge on any atom is -0.317 e. The Hall–Kier alpha value is -1.52. The van der Waals surface area contributed by atoms with Gasteiger partial charge in [-0.05, 0) is 31.5 Å². The van der Waals surface area contributed by atoms with Gasteiger partial charge in [-0.1, -0.05) is 30.3 Å². The third kappa shape index (κ3) is 2.46. The molecule has 0 saturated carbocycles. The molecule has 0 unspecified atom stereocenters. The zero-order valence-electron chi connectivity index (χ0n) is 10.6. The second-order valence-corrected chi connectivity index (χ2v) is 4.80. The number of carbonyl (C=O) groups excluding carboxylic acids is 1. The van der Waals surface area contributed by atoms with Crippen LogP contribution in [0.15, 0.2) is 42.2 Å². The zero-order chi connectivity index (χ0) is 12.4. The number of halogens is 1. The van der Waals surface area contributed by atoms with Gasteiger partial charge < -0.3 is 10.6 Å². The molecule has 2 N–H and O–H groups in total. The van der Waals surface area contributed by atoms with Gasteiger partial charge in [0.1, 0.15) is 0 Å². The Balaban J connectivity index is 0.00000133. The summed E-state index contributed by atoms with van der Waals surface area (Å²) in [5, 5.41) is 10.1. The van der Waals surface area contributed by atoms with Crippen molar-refractivity contribution in [2.75, 3.05) is 13.1 Å². The van der Waals surface area contributed by atoms with Crippen LogP contribution in [-0.4, -0.2) is 19.1 Å². The third-order valence-corrected chi connectivity index (χ3v) is 3.85. The summed E-state index contributed by atoms with van der Waals surface area (Å²) in [7, 11) is 0. The number of hydrogen-bond acceptors (Lipinski definition) is 2. The van der Waals surface area contributed by atoms with Crippen molar-refractivity contribution >= 4 is 18.4 Å². The lowest BCUT2D eigenvalue weighted by Gasteiger charge is -2.38. The highest BCUT2D eigenvalue weighted by Gasteiger charge is 2.40. The molecule has 0 aromatic heterocycles. The maximum Gasteiger partial charge on any atom is 0.345 e. The maximum absolute atomic E-state index is 11.3. The normalized spacial score (nSPS) is 20.8. The molecule has 0 atom stereocenters. The topological polar surface area (TPSA) is 55.2 Å². The van der Waals surface area contributed by atoms with Crippen molar-refractivity contribution in [3.05, 3.63) is 47.8 Å². The molecule has 0 spiro atoms. The Bertz CT molecular complexity index is 481. The molecule has 5 heteroatoms. The van der Waals surface area contributed by atoms with Gasteiger partial charge in [-0.2, -0.15) is 5.32 Å². The fraction of sp³-hybridized carbons (Fsp3) is 0.357. The van der Waals surface area contributed by atoms with Crippen molar-refractivity contribution < 1.29 is 4.79 Å². The first kappa shape index (κ1) is 13.9. The number of nitrogens with one attached hydrogen (secondary N) is 2. The molecule has 1 aromatic carbocycles. The van der Waals surface area contributed by atoms with E-state index in [0.29, 0.717) is 0 Å². The van der Waals surface area contributed by atoms with E-state index in [0.717, 1.165) is 31.6 Å². The predicted octanol–water partition coefficient (Wildman–Crippen LogP) is 1.90. The van der Waals surface area contributed by atoms with Crippen LogP contribution in [0.5, 0.6) is 0 Å². The van der Waals surface area contributed by atoms with Crippen LogP contribution in [0, 0.1) is 0 Å². The van der Waals surface area contributed by atoms with E-state index in [9.17, 15) is 4.79 Å². The predicted molar refractivity (Wildman–Crippen MR) is 76.2 cm³/mol. The second kappa shape index (κ2) is 5.63. The summed E-state index contributed by atoms with van der Waals surface area (Å²) in [6.45, 7) is 1.92. The summed E-state index contributed by atoms with van der Waals surface area (Å²) in [5.74, 6) is 0. The number of urea groups is 1. The Kier molecular flexibility index (Phi) is 4.12. The third-order valence-electron chi connectivity index (χ3n) is 3.85. The first-order chi connectivity index (χ1) is 8.81. The molecule has 2 aliphatic heterocycles. The fourth-order valence-corrected chi connectivity index (χ4v) is 2.87. The van der Waals surface area contributed by atoms with Gasteiger partial charge in [0, 0.05) is 11.1 Å². The number of amides is 2. The van der Waals surface area contributed by atoms with Crippen LogP contribution in [0.3, 0.4) is 0 Å².